The zero-order chi connectivity index (χ0) is 12.3. The molecule has 2 nitrogen and oxygen atoms in total. The van der Waals surface area contributed by atoms with Gasteiger partial charge in [-0.15, -0.1) is 0 Å². The van der Waals surface area contributed by atoms with E-state index in [0.717, 1.165) is 31.5 Å². The van der Waals surface area contributed by atoms with Gasteiger partial charge in [-0.2, -0.15) is 5.26 Å². The molecule has 0 radical (unpaired) electrons. The monoisotopic (exact) mass is 268 g/mol. The van der Waals surface area contributed by atoms with Crippen LogP contribution in [0.3, 0.4) is 0 Å². The van der Waals surface area contributed by atoms with Crippen molar-refractivity contribution in [1.82, 2.24) is 5.32 Å². The Morgan fingerprint density at radius 3 is 2.88 bits per heavy atom. The quantitative estimate of drug-likeness (QED) is 0.892. The van der Waals surface area contributed by atoms with Gasteiger partial charge in [0.2, 0.25) is 0 Å². The van der Waals surface area contributed by atoms with Crippen molar-refractivity contribution in [2.24, 2.45) is 5.41 Å². The van der Waals surface area contributed by atoms with E-state index in [1.54, 1.807) is 6.07 Å². The number of rotatable bonds is 2. The number of hydrogen-bond acceptors (Lipinski definition) is 2. The van der Waals surface area contributed by atoms with Crippen molar-refractivity contribution in [2.45, 2.75) is 19.3 Å². The molecule has 17 heavy (non-hydrogen) atoms. The summed E-state index contributed by atoms with van der Waals surface area (Å²) in [6, 6.07) is 8.04. The minimum absolute atomic E-state index is 0.341. The van der Waals surface area contributed by atoms with Gasteiger partial charge in [-0.25, -0.2) is 0 Å². The normalized spacial score (nSPS) is 24.3. The van der Waals surface area contributed by atoms with Crippen LogP contribution in [0.25, 0.3) is 0 Å². The third-order valence-electron chi connectivity index (χ3n) is 3.27. The van der Waals surface area contributed by atoms with E-state index in [2.05, 4.69) is 11.4 Å². The Kier molecular flexibility index (Phi) is 3.93. The molecule has 1 aliphatic heterocycles. The Morgan fingerprint density at radius 2 is 2.24 bits per heavy atom. The summed E-state index contributed by atoms with van der Waals surface area (Å²) in [6.45, 7) is 1.72. The van der Waals surface area contributed by atoms with E-state index < -0.39 is 0 Å². The van der Waals surface area contributed by atoms with E-state index in [9.17, 15) is 5.26 Å². The molecule has 1 fully saturated rings. The first-order valence-electron chi connectivity index (χ1n) is 5.72. The van der Waals surface area contributed by atoms with Gasteiger partial charge < -0.3 is 5.32 Å². The Morgan fingerprint density at radius 1 is 1.41 bits per heavy atom. The second kappa shape index (κ2) is 5.27. The lowest BCUT2D eigenvalue weighted by Crippen LogP contribution is -2.40. The summed E-state index contributed by atoms with van der Waals surface area (Å²) < 4.78 is 0. The van der Waals surface area contributed by atoms with Crippen molar-refractivity contribution in [1.29, 1.82) is 5.26 Å². The van der Waals surface area contributed by atoms with Crippen LogP contribution in [0.2, 0.25) is 10.0 Å². The Hall–Kier alpha value is -0.750. The summed E-state index contributed by atoms with van der Waals surface area (Å²) in [5.41, 5.74) is 0.622. The molecule has 90 valence electrons. The van der Waals surface area contributed by atoms with Gasteiger partial charge in [-0.3, -0.25) is 0 Å². The number of hydrogen-bond donors (Lipinski definition) is 1. The number of benzene rings is 1. The van der Waals surface area contributed by atoms with Gasteiger partial charge in [0.25, 0.3) is 0 Å². The lowest BCUT2D eigenvalue weighted by atomic mass is 9.77. The summed E-state index contributed by atoms with van der Waals surface area (Å²) in [7, 11) is 0. The van der Waals surface area contributed by atoms with Gasteiger partial charge >= 0.3 is 0 Å². The molecule has 0 aliphatic carbocycles. The highest BCUT2D eigenvalue weighted by atomic mass is 35.5. The molecule has 1 heterocycles. The van der Waals surface area contributed by atoms with Crippen LogP contribution in [0.1, 0.15) is 18.4 Å². The molecule has 4 heteroatoms. The van der Waals surface area contributed by atoms with Crippen LogP contribution < -0.4 is 5.32 Å². The molecule has 1 aliphatic rings. The topological polar surface area (TPSA) is 35.8 Å². The molecule has 1 saturated heterocycles. The lowest BCUT2D eigenvalue weighted by Gasteiger charge is -2.31. The van der Waals surface area contributed by atoms with Crippen LogP contribution >= 0.6 is 23.2 Å². The van der Waals surface area contributed by atoms with Crippen LogP contribution in [-0.4, -0.2) is 13.1 Å². The van der Waals surface area contributed by atoms with Crippen LogP contribution in [0.5, 0.6) is 0 Å². The number of nitrogens with one attached hydrogen (secondary N) is 1. The van der Waals surface area contributed by atoms with Gasteiger partial charge in [0.1, 0.15) is 0 Å². The predicted octanol–water partition coefficient (Wildman–Crippen LogP) is 3.43. The maximum absolute atomic E-state index is 9.40. The fourth-order valence-corrected chi connectivity index (χ4v) is 2.69. The van der Waals surface area contributed by atoms with Crippen LogP contribution in [0, 0.1) is 16.7 Å². The summed E-state index contributed by atoms with van der Waals surface area (Å²) in [5, 5.41) is 13.8. The van der Waals surface area contributed by atoms with Gasteiger partial charge in [0.05, 0.1) is 21.5 Å². The highest BCUT2D eigenvalue weighted by Crippen LogP contribution is 2.34. The second-order valence-corrected chi connectivity index (χ2v) is 5.35. The molecular weight excluding hydrogens is 255 g/mol. The summed E-state index contributed by atoms with van der Waals surface area (Å²) in [6.07, 6.45) is 2.61. The molecule has 2 rings (SSSR count). The third kappa shape index (κ3) is 2.74. The molecule has 1 atom stereocenters. The average Bonchev–Trinajstić information content (AvgIpc) is 2.36. The van der Waals surface area contributed by atoms with E-state index in [1.165, 1.54) is 0 Å². The third-order valence-corrected chi connectivity index (χ3v) is 4.13. The first-order valence-corrected chi connectivity index (χ1v) is 6.47. The van der Waals surface area contributed by atoms with Gasteiger partial charge in [-0.05, 0) is 37.4 Å². The number of nitrogens with zero attached hydrogens (tertiary/aromatic N) is 1. The van der Waals surface area contributed by atoms with Gasteiger partial charge in [-0.1, -0.05) is 35.3 Å². The van der Waals surface area contributed by atoms with Crippen molar-refractivity contribution >= 4 is 23.2 Å². The molecule has 1 N–H and O–H groups in total. The van der Waals surface area contributed by atoms with Crippen molar-refractivity contribution in [3.05, 3.63) is 33.8 Å². The SMILES string of the molecule is N#CC1(Cc2cccc(Cl)c2Cl)CCCNC1. The average molecular weight is 269 g/mol. The standard InChI is InChI=1S/C13H14Cl2N2/c14-11-4-1-3-10(12(11)15)7-13(8-16)5-2-6-17-9-13/h1,3-4,17H,2,5-7,9H2. The molecule has 0 saturated carbocycles. The lowest BCUT2D eigenvalue weighted by molar-refractivity contribution is 0.286. The largest absolute Gasteiger partial charge is 0.315 e. The second-order valence-electron chi connectivity index (χ2n) is 4.56. The van der Waals surface area contributed by atoms with Crippen molar-refractivity contribution in [2.75, 3.05) is 13.1 Å². The Balaban J connectivity index is 2.24. The van der Waals surface area contributed by atoms with E-state index in [0.29, 0.717) is 16.5 Å². The van der Waals surface area contributed by atoms with E-state index >= 15 is 0 Å². The molecule has 1 aromatic carbocycles. The molecule has 0 bridgehead atoms. The van der Waals surface area contributed by atoms with Crippen LogP contribution in [0.4, 0.5) is 0 Å². The van der Waals surface area contributed by atoms with Crippen molar-refractivity contribution in [3.63, 3.8) is 0 Å². The minimum atomic E-state index is -0.341. The highest BCUT2D eigenvalue weighted by Gasteiger charge is 2.32. The zero-order valence-corrected chi connectivity index (χ0v) is 11.0. The fourth-order valence-electron chi connectivity index (χ4n) is 2.30. The van der Waals surface area contributed by atoms with Crippen molar-refractivity contribution < 1.29 is 0 Å². The van der Waals surface area contributed by atoms with Crippen LogP contribution in [-0.2, 0) is 6.42 Å². The molecule has 1 aromatic rings. The highest BCUT2D eigenvalue weighted by molar-refractivity contribution is 6.42. The van der Waals surface area contributed by atoms with Gasteiger partial charge in [0, 0.05) is 6.54 Å². The number of nitriles is 1. The van der Waals surface area contributed by atoms with E-state index in [4.69, 9.17) is 23.2 Å². The summed E-state index contributed by atoms with van der Waals surface area (Å²) in [4.78, 5) is 0. The Bertz CT molecular complexity index is 445. The maximum Gasteiger partial charge on any atom is 0.0739 e. The van der Waals surface area contributed by atoms with E-state index in [-0.39, 0.29) is 5.41 Å². The molecular formula is C13H14Cl2N2. The molecule has 0 aromatic heterocycles. The summed E-state index contributed by atoms with van der Waals surface area (Å²) in [5.74, 6) is 0. The minimum Gasteiger partial charge on any atom is -0.315 e. The molecule has 0 spiro atoms. The van der Waals surface area contributed by atoms with Crippen LogP contribution in [0.15, 0.2) is 18.2 Å². The van der Waals surface area contributed by atoms with Gasteiger partial charge in [0.15, 0.2) is 0 Å². The number of halogens is 2. The van der Waals surface area contributed by atoms with E-state index in [1.807, 2.05) is 12.1 Å². The molecule has 1 unspecified atom stereocenters. The summed E-state index contributed by atoms with van der Waals surface area (Å²) >= 11 is 12.2. The first kappa shape index (κ1) is 12.7. The molecule has 0 amide bonds. The zero-order valence-electron chi connectivity index (χ0n) is 9.47. The van der Waals surface area contributed by atoms with Crippen molar-refractivity contribution in [3.8, 4) is 6.07 Å². The Labute approximate surface area is 112 Å². The maximum atomic E-state index is 9.40. The number of piperidine rings is 1. The fraction of sp³-hybridized carbons (Fsp3) is 0.462. The first-order chi connectivity index (χ1) is 8.17. The smallest absolute Gasteiger partial charge is 0.0739 e. The predicted molar refractivity (Wildman–Crippen MR) is 70.3 cm³/mol.